The molecule has 0 aliphatic carbocycles. The van der Waals surface area contributed by atoms with Gasteiger partial charge in [-0.3, -0.25) is 0 Å². The number of hydrogen-bond acceptors (Lipinski definition) is 3. The summed E-state index contributed by atoms with van der Waals surface area (Å²) in [6, 6.07) is 7.70. The average Bonchev–Trinajstić information content (AvgIpc) is 2.42. The van der Waals surface area contributed by atoms with Gasteiger partial charge in [0.15, 0.2) is 0 Å². The Balaban J connectivity index is 2.35. The Morgan fingerprint density at radius 1 is 1.20 bits per heavy atom. The van der Waals surface area contributed by atoms with E-state index in [1.54, 1.807) is 7.11 Å². The number of nitrogens with one attached hydrogen (secondary N) is 1. The predicted octanol–water partition coefficient (Wildman–Crippen LogP) is 3.31. The van der Waals surface area contributed by atoms with Gasteiger partial charge in [0.25, 0.3) is 0 Å². The van der Waals surface area contributed by atoms with Crippen molar-refractivity contribution in [2.75, 3.05) is 26.9 Å². The molecule has 1 aromatic carbocycles. The van der Waals surface area contributed by atoms with E-state index in [0.29, 0.717) is 6.54 Å². The van der Waals surface area contributed by atoms with Gasteiger partial charge >= 0.3 is 6.18 Å². The molecule has 0 saturated heterocycles. The van der Waals surface area contributed by atoms with Crippen LogP contribution in [0.15, 0.2) is 24.3 Å². The molecule has 1 rings (SSSR count). The monoisotopic (exact) mass is 291 g/mol. The summed E-state index contributed by atoms with van der Waals surface area (Å²) < 4.78 is 45.3. The molecule has 0 fully saturated rings. The van der Waals surface area contributed by atoms with Crippen LogP contribution in [0.4, 0.5) is 13.2 Å². The molecular weight excluding hydrogens is 271 g/mol. The molecule has 0 heterocycles. The van der Waals surface area contributed by atoms with Gasteiger partial charge < -0.3 is 14.8 Å². The molecule has 1 atom stereocenters. The molecule has 0 aromatic heterocycles. The molecule has 0 spiro atoms. The number of ether oxygens (including phenoxy) is 2. The number of methoxy groups -OCH3 is 1. The number of halogens is 3. The molecule has 0 aliphatic heterocycles. The van der Waals surface area contributed by atoms with Crippen molar-refractivity contribution in [1.29, 1.82) is 0 Å². The van der Waals surface area contributed by atoms with E-state index >= 15 is 0 Å². The molecule has 0 radical (unpaired) electrons. The Bertz CT molecular complexity index is 379. The second kappa shape index (κ2) is 8.11. The van der Waals surface area contributed by atoms with Crippen LogP contribution in [0, 0.1) is 0 Å². The second-order valence-electron chi connectivity index (χ2n) is 4.36. The molecule has 1 N–H and O–H groups in total. The summed E-state index contributed by atoms with van der Waals surface area (Å²) in [6.07, 6.45) is -3.42. The summed E-state index contributed by atoms with van der Waals surface area (Å²) in [5.74, 6) is 0.775. The van der Waals surface area contributed by atoms with Crippen molar-refractivity contribution in [3.05, 3.63) is 29.8 Å². The SMILES string of the molecule is CCC(NCCOCC(F)(F)F)c1ccc(OC)cc1. The Hall–Kier alpha value is -1.27. The molecular formula is C14H20F3NO2. The zero-order chi connectivity index (χ0) is 15.0. The van der Waals surface area contributed by atoms with E-state index < -0.39 is 12.8 Å². The first-order valence-corrected chi connectivity index (χ1v) is 6.48. The topological polar surface area (TPSA) is 30.5 Å². The van der Waals surface area contributed by atoms with Crippen LogP contribution in [0.5, 0.6) is 5.75 Å². The minimum absolute atomic E-state index is 0.0339. The Labute approximate surface area is 117 Å². The van der Waals surface area contributed by atoms with Crippen molar-refractivity contribution in [3.63, 3.8) is 0 Å². The van der Waals surface area contributed by atoms with E-state index in [1.807, 2.05) is 31.2 Å². The maximum atomic E-state index is 11.9. The average molecular weight is 291 g/mol. The third-order valence-corrected chi connectivity index (χ3v) is 2.83. The van der Waals surface area contributed by atoms with Crippen molar-refractivity contribution in [2.45, 2.75) is 25.6 Å². The van der Waals surface area contributed by atoms with Gasteiger partial charge in [-0.15, -0.1) is 0 Å². The molecule has 1 unspecified atom stereocenters. The minimum Gasteiger partial charge on any atom is -0.497 e. The molecule has 1 aromatic rings. The first-order chi connectivity index (χ1) is 9.46. The van der Waals surface area contributed by atoms with Crippen LogP contribution in [0.3, 0.4) is 0 Å². The third kappa shape index (κ3) is 6.25. The van der Waals surface area contributed by atoms with Crippen LogP contribution in [-0.2, 0) is 4.74 Å². The van der Waals surface area contributed by atoms with Crippen molar-refractivity contribution in [3.8, 4) is 5.75 Å². The zero-order valence-corrected chi connectivity index (χ0v) is 11.7. The molecule has 0 saturated carbocycles. The third-order valence-electron chi connectivity index (χ3n) is 2.83. The van der Waals surface area contributed by atoms with Crippen molar-refractivity contribution >= 4 is 0 Å². The van der Waals surface area contributed by atoms with E-state index in [9.17, 15) is 13.2 Å². The molecule has 20 heavy (non-hydrogen) atoms. The number of rotatable bonds is 8. The Morgan fingerprint density at radius 3 is 2.35 bits per heavy atom. The summed E-state index contributed by atoms with van der Waals surface area (Å²) in [4.78, 5) is 0. The van der Waals surface area contributed by atoms with Gasteiger partial charge in [0.1, 0.15) is 12.4 Å². The van der Waals surface area contributed by atoms with Crippen molar-refractivity contribution in [1.82, 2.24) is 5.32 Å². The summed E-state index contributed by atoms with van der Waals surface area (Å²) in [6.45, 7) is 1.22. The molecule has 0 amide bonds. The van der Waals surface area contributed by atoms with Crippen LogP contribution in [-0.4, -0.2) is 33.0 Å². The van der Waals surface area contributed by atoms with Crippen molar-refractivity contribution < 1.29 is 22.6 Å². The van der Waals surface area contributed by atoms with Crippen LogP contribution in [0.25, 0.3) is 0 Å². The fraction of sp³-hybridized carbons (Fsp3) is 0.571. The number of hydrogen-bond donors (Lipinski definition) is 1. The Kier molecular flexibility index (Phi) is 6.81. The van der Waals surface area contributed by atoms with E-state index in [1.165, 1.54) is 0 Å². The first kappa shape index (κ1) is 16.8. The first-order valence-electron chi connectivity index (χ1n) is 6.48. The van der Waals surface area contributed by atoms with Gasteiger partial charge in [-0.05, 0) is 24.1 Å². The van der Waals surface area contributed by atoms with E-state index in [2.05, 4.69) is 10.1 Å². The van der Waals surface area contributed by atoms with Crippen LogP contribution >= 0.6 is 0 Å². The quantitative estimate of drug-likeness (QED) is 0.745. The normalized spacial score (nSPS) is 13.2. The summed E-state index contributed by atoms with van der Waals surface area (Å²) in [5.41, 5.74) is 1.07. The van der Waals surface area contributed by atoms with Gasteiger partial charge in [-0.25, -0.2) is 0 Å². The smallest absolute Gasteiger partial charge is 0.411 e. The largest absolute Gasteiger partial charge is 0.497 e. The van der Waals surface area contributed by atoms with Crippen LogP contribution in [0.2, 0.25) is 0 Å². The van der Waals surface area contributed by atoms with E-state index in [-0.39, 0.29) is 12.6 Å². The summed E-state index contributed by atoms with van der Waals surface area (Å²) in [5, 5.41) is 3.18. The highest BCUT2D eigenvalue weighted by atomic mass is 19.4. The number of alkyl halides is 3. The highest BCUT2D eigenvalue weighted by molar-refractivity contribution is 5.29. The zero-order valence-electron chi connectivity index (χ0n) is 11.7. The lowest BCUT2D eigenvalue weighted by molar-refractivity contribution is -0.173. The van der Waals surface area contributed by atoms with Gasteiger partial charge in [0.05, 0.1) is 13.7 Å². The lowest BCUT2D eigenvalue weighted by Crippen LogP contribution is -2.27. The van der Waals surface area contributed by atoms with Crippen LogP contribution in [0.1, 0.15) is 24.9 Å². The summed E-state index contributed by atoms with van der Waals surface area (Å²) in [7, 11) is 1.60. The minimum atomic E-state index is -4.26. The molecule has 114 valence electrons. The molecule has 0 aliphatic rings. The lowest BCUT2D eigenvalue weighted by atomic mass is 10.0. The molecule has 3 nitrogen and oxygen atoms in total. The maximum absolute atomic E-state index is 11.9. The molecule has 0 bridgehead atoms. The number of benzene rings is 1. The van der Waals surface area contributed by atoms with Crippen molar-refractivity contribution in [2.24, 2.45) is 0 Å². The van der Waals surface area contributed by atoms with Crippen LogP contribution < -0.4 is 10.1 Å². The van der Waals surface area contributed by atoms with Gasteiger partial charge in [0, 0.05) is 12.6 Å². The molecule has 6 heteroatoms. The maximum Gasteiger partial charge on any atom is 0.411 e. The standard InChI is InChI=1S/C14H20F3NO2/c1-3-13(11-4-6-12(19-2)7-5-11)18-8-9-20-10-14(15,16)17/h4-7,13,18H,3,8-10H2,1-2H3. The highest BCUT2D eigenvalue weighted by Crippen LogP contribution is 2.20. The lowest BCUT2D eigenvalue weighted by Gasteiger charge is -2.18. The summed E-state index contributed by atoms with van der Waals surface area (Å²) >= 11 is 0. The fourth-order valence-electron chi connectivity index (χ4n) is 1.83. The second-order valence-corrected chi connectivity index (χ2v) is 4.36. The fourth-order valence-corrected chi connectivity index (χ4v) is 1.83. The van der Waals surface area contributed by atoms with Gasteiger partial charge in [-0.2, -0.15) is 13.2 Å². The van der Waals surface area contributed by atoms with Gasteiger partial charge in [0.2, 0.25) is 0 Å². The van der Waals surface area contributed by atoms with E-state index in [0.717, 1.165) is 17.7 Å². The Morgan fingerprint density at radius 2 is 1.85 bits per heavy atom. The predicted molar refractivity (Wildman–Crippen MR) is 70.9 cm³/mol. The highest BCUT2D eigenvalue weighted by Gasteiger charge is 2.27. The van der Waals surface area contributed by atoms with E-state index in [4.69, 9.17) is 4.74 Å². The van der Waals surface area contributed by atoms with Gasteiger partial charge in [-0.1, -0.05) is 19.1 Å².